The Morgan fingerprint density at radius 1 is 0.630 bits per heavy atom. The first-order valence-electron chi connectivity index (χ1n) is 12.2. The van der Waals surface area contributed by atoms with Gasteiger partial charge in [0.2, 0.25) is 0 Å². The zero-order valence-electron chi connectivity index (χ0n) is 17.4. The SMILES string of the molecule is NCc1cccc[c]1[Sn]([CH]1CCCCC1)([CH]1CCCCC1)[CH]1CCCCC1. The number of hydrogen-bond donors (Lipinski definition) is 1. The molecule has 4 rings (SSSR count). The monoisotopic (exact) mass is 475 g/mol. The van der Waals surface area contributed by atoms with Crippen LogP contribution < -0.4 is 9.31 Å². The second kappa shape index (κ2) is 9.65. The van der Waals surface area contributed by atoms with Crippen molar-refractivity contribution in [3.63, 3.8) is 0 Å². The quantitative estimate of drug-likeness (QED) is 0.467. The molecular weight excluding hydrogens is 433 g/mol. The molecule has 0 bridgehead atoms. The Balaban J connectivity index is 1.86. The van der Waals surface area contributed by atoms with Gasteiger partial charge in [-0.1, -0.05) is 0 Å². The summed E-state index contributed by atoms with van der Waals surface area (Å²) in [7, 11) is 0. The van der Waals surface area contributed by atoms with E-state index < -0.39 is 18.4 Å². The molecule has 3 fully saturated rings. The van der Waals surface area contributed by atoms with Crippen molar-refractivity contribution in [1.29, 1.82) is 0 Å². The molecule has 3 aliphatic carbocycles. The van der Waals surface area contributed by atoms with Gasteiger partial charge in [-0.2, -0.15) is 0 Å². The molecule has 0 aromatic heterocycles. The van der Waals surface area contributed by atoms with Gasteiger partial charge in [0.1, 0.15) is 0 Å². The van der Waals surface area contributed by atoms with Crippen LogP contribution in [0.25, 0.3) is 0 Å². The molecule has 0 atom stereocenters. The van der Waals surface area contributed by atoms with E-state index in [2.05, 4.69) is 24.3 Å². The molecule has 0 spiro atoms. The van der Waals surface area contributed by atoms with Gasteiger partial charge in [0, 0.05) is 0 Å². The number of benzene rings is 1. The van der Waals surface area contributed by atoms with E-state index >= 15 is 0 Å². The molecule has 1 aromatic rings. The molecule has 0 radical (unpaired) electrons. The minimum absolute atomic E-state index is 0.765. The van der Waals surface area contributed by atoms with Crippen molar-refractivity contribution in [2.24, 2.45) is 5.73 Å². The van der Waals surface area contributed by atoms with E-state index in [1.807, 2.05) is 3.58 Å². The summed E-state index contributed by atoms with van der Waals surface area (Å²) in [6.07, 6.45) is 22.9. The molecule has 27 heavy (non-hydrogen) atoms. The summed E-state index contributed by atoms with van der Waals surface area (Å²) in [4.78, 5) is 0. The summed E-state index contributed by atoms with van der Waals surface area (Å²) in [5, 5.41) is 0. The van der Waals surface area contributed by atoms with Crippen LogP contribution >= 0.6 is 0 Å². The average Bonchev–Trinajstić information content (AvgIpc) is 2.77. The first kappa shape index (κ1) is 20.3. The van der Waals surface area contributed by atoms with Crippen LogP contribution in [-0.2, 0) is 6.54 Å². The summed E-state index contributed by atoms with van der Waals surface area (Å²) in [6.45, 7) is 0.765. The Kier molecular flexibility index (Phi) is 7.24. The summed E-state index contributed by atoms with van der Waals surface area (Å²) in [6, 6.07) is 9.63. The zero-order chi connectivity index (χ0) is 18.5. The third-order valence-corrected chi connectivity index (χ3v) is 29.1. The topological polar surface area (TPSA) is 26.0 Å². The standard InChI is InChI=1S/C7H8N.3C6H11.Sn/c8-6-7-4-2-1-3-5-7;3*1-2-4-6-5-3-1;/h1-4H,6,8H2;3*1H,2-6H2;. The van der Waals surface area contributed by atoms with Crippen LogP contribution in [0.5, 0.6) is 0 Å². The molecule has 1 nitrogen and oxygen atoms in total. The maximum absolute atomic E-state index is 6.37. The Labute approximate surface area is 171 Å². The molecule has 2 heteroatoms. The third-order valence-electron chi connectivity index (χ3n) is 8.55. The van der Waals surface area contributed by atoms with Crippen molar-refractivity contribution in [2.75, 3.05) is 0 Å². The molecule has 150 valence electrons. The molecule has 0 heterocycles. The summed E-state index contributed by atoms with van der Waals surface area (Å²) in [5.74, 6) is 0. The molecule has 0 unspecified atom stereocenters. The fourth-order valence-corrected chi connectivity index (χ4v) is 31.9. The number of rotatable bonds is 5. The van der Waals surface area contributed by atoms with Gasteiger partial charge in [0.25, 0.3) is 0 Å². The fourth-order valence-electron chi connectivity index (χ4n) is 7.52. The summed E-state index contributed by atoms with van der Waals surface area (Å²) in [5.41, 5.74) is 7.92. The zero-order valence-corrected chi connectivity index (χ0v) is 20.3. The van der Waals surface area contributed by atoms with Gasteiger partial charge >= 0.3 is 172 Å². The van der Waals surface area contributed by atoms with Crippen LogP contribution in [0.4, 0.5) is 0 Å². The van der Waals surface area contributed by atoms with Crippen LogP contribution in [0.2, 0.25) is 11.8 Å². The van der Waals surface area contributed by atoms with Crippen molar-refractivity contribution >= 4 is 22.0 Å². The van der Waals surface area contributed by atoms with Crippen molar-refractivity contribution < 1.29 is 0 Å². The molecule has 0 saturated heterocycles. The predicted molar refractivity (Wildman–Crippen MR) is 120 cm³/mol. The molecule has 2 N–H and O–H groups in total. The van der Waals surface area contributed by atoms with Gasteiger partial charge in [-0.25, -0.2) is 0 Å². The van der Waals surface area contributed by atoms with Crippen LogP contribution in [0, 0.1) is 0 Å². The fraction of sp³-hybridized carbons (Fsp3) is 0.760. The van der Waals surface area contributed by atoms with Gasteiger partial charge in [0.05, 0.1) is 0 Å². The molecule has 1 aromatic carbocycles. The Bertz CT molecular complexity index is 534. The molecular formula is C25H41NSn. The van der Waals surface area contributed by atoms with Crippen molar-refractivity contribution in [3.05, 3.63) is 29.8 Å². The minimum atomic E-state index is -2.65. The van der Waals surface area contributed by atoms with E-state index in [1.54, 1.807) is 44.1 Å². The van der Waals surface area contributed by atoms with Crippen molar-refractivity contribution in [2.45, 2.75) is 115 Å². The normalized spacial score (nSPS) is 24.2. The van der Waals surface area contributed by atoms with E-state index in [-0.39, 0.29) is 0 Å². The van der Waals surface area contributed by atoms with Gasteiger partial charge in [-0.05, 0) is 0 Å². The summed E-state index contributed by atoms with van der Waals surface area (Å²) < 4.78 is 5.21. The third kappa shape index (κ3) is 4.02. The Hall–Kier alpha value is -0.0213. The predicted octanol–water partition coefficient (Wildman–Crippen LogP) is 6.80. The van der Waals surface area contributed by atoms with E-state index in [9.17, 15) is 0 Å². The van der Waals surface area contributed by atoms with E-state index in [0.717, 1.165) is 18.3 Å². The van der Waals surface area contributed by atoms with Gasteiger partial charge in [0.15, 0.2) is 0 Å². The van der Waals surface area contributed by atoms with Crippen LogP contribution in [0.1, 0.15) is 102 Å². The van der Waals surface area contributed by atoms with Gasteiger partial charge in [-0.3, -0.25) is 0 Å². The van der Waals surface area contributed by atoms with Crippen molar-refractivity contribution in [1.82, 2.24) is 0 Å². The van der Waals surface area contributed by atoms with E-state index in [4.69, 9.17) is 5.73 Å². The molecule has 0 aliphatic heterocycles. The average molecular weight is 474 g/mol. The van der Waals surface area contributed by atoms with Crippen LogP contribution in [0.3, 0.4) is 0 Å². The molecule has 3 aliphatic rings. The second-order valence-corrected chi connectivity index (χ2v) is 23.7. The van der Waals surface area contributed by atoms with E-state index in [1.165, 1.54) is 57.8 Å². The van der Waals surface area contributed by atoms with Gasteiger partial charge in [-0.15, -0.1) is 0 Å². The molecule has 3 saturated carbocycles. The maximum atomic E-state index is 6.37. The molecule has 0 amide bonds. The Morgan fingerprint density at radius 2 is 1.04 bits per heavy atom. The first-order chi connectivity index (χ1) is 13.4. The van der Waals surface area contributed by atoms with Crippen LogP contribution in [-0.4, -0.2) is 18.4 Å². The summed E-state index contributed by atoms with van der Waals surface area (Å²) >= 11 is -2.65. The van der Waals surface area contributed by atoms with E-state index in [0.29, 0.717) is 0 Å². The first-order valence-corrected chi connectivity index (χ1v) is 18.5. The number of hydrogen-bond acceptors (Lipinski definition) is 1. The number of nitrogens with two attached hydrogens (primary N) is 1. The van der Waals surface area contributed by atoms with Gasteiger partial charge < -0.3 is 0 Å². The Morgan fingerprint density at radius 3 is 1.44 bits per heavy atom. The van der Waals surface area contributed by atoms with Crippen molar-refractivity contribution in [3.8, 4) is 0 Å². The second-order valence-electron chi connectivity index (χ2n) is 9.80. The van der Waals surface area contributed by atoms with Crippen LogP contribution in [0.15, 0.2) is 24.3 Å².